The van der Waals surface area contributed by atoms with E-state index in [1.165, 1.54) is 13.0 Å². The predicted molar refractivity (Wildman–Crippen MR) is 77.2 cm³/mol. The van der Waals surface area contributed by atoms with Gasteiger partial charge in [-0.05, 0) is 18.2 Å². The van der Waals surface area contributed by atoms with Gasteiger partial charge in [0.1, 0.15) is 0 Å². The van der Waals surface area contributed by atoms with Gasteiger partial charge in [-0.3, -0.25) is 4.79 Å². The first-order chi connectivity index (χ1) is 9.08. The third kappa shape index (κ3) is 3.41. The lowest BCUT2D eigenvalue weighted by Gasteiger charge is -2.30. The Morgan fingerprint density at radius 3 is 2.58 bits per heavy atom. The molecule has 0 aliphatic carbocycles. The van der Waals surface area contributed by atoms with Gasteiger partial charge < -0.3 is 15.3 Å². The summed E-state index contributed by atoms with van der Waals surface area (Å²) in [6, 6.07) is 4.86. The summed E-state index contributed by atoms with van der Waals surface area (Å²) in [6.45, 7) is 3.23. The highest BCUT2D eigenvalue weighted by Crippen LogP contribution is 2.29. The van der Waals surface area contributed by atoms with E-state index in [4.69, 9.17) is 5.11 Å². The SMILES string of the molecule is CC(=O)Nc1cc(C(=O)O)ccc1N1CCSCC1. The number of carboxylic acids is 1. The number of thioether (sulfide) groups is 1. The number of anilines is 2. The Labute approximate surface area is 116 Å². The van der Waals surface area contributed by atoms with Crippen molar-refractivity contribution in [3.8, 4) is 0 Å². The fourth-order valence-corrected chi connectivity index (χ4v) is 2.94. The smallest absolute Gasteiger partial charge is 0.335 e. The van der Waals surface area contributed by atoms with Crippen LogP contribution in [0.2, 0.25) is 0 Å². The van der Waals surface area contributed by atoms with E-state index in [0.717, 1.165) is 30.3 Å². The molecule has 1 saturated heterocycles. The molecule has 0 aromatic heterocycles. The van der Waals surface area contributed by atoms with Crippen LogP contribution in [0.1, 0.15) is 17.3 Å². The lowest BCUT2D eigenvalue weighted by atomic mass is 10.1. The van der Waals surface area contributed by atoms with Crippen molar-refractivity contribution in [1.29, 1.82) is 0 Å². The molecule has 0 atom stereocenters. The third-order valence-electron chi connectivity index (χ3n) is 2.91. The number of rotatable bonds is 3. The molecule has 2 rings (SSSR count). The topological polar surface area (TPSA) is 69.6 Å². The minimum absolute atomic E-state index is 0.180. The van der Waals surface area contributed by atoms with Crippen molar-refractivity contribution in [1.82, 2.24) is 0 Å². The number of benzene rings is 1. The Bertz CT molecular complexity index is 499. The molecule has 1 aliphatic heterocycles. The lowest BCUT2D eigenvalue weighted by Crippen LogP contribution is -2.33. The van der Waals surface area contributed by atoms with E-state index >= 15 is 0 Å². The molecule has 1 aromatic carbocycles. The zero-order chi connectivity index (χ0) is 13.8. The van der Waals surface area contributed by atoms with Gasteiger partial charge in [0, 0.05) is 31.5 Å². The largest absolute Gasteiger partial charge is 0.478 e. The zero-order valence-corrected chi connectivity index (χ0v) is 11.5. The Morgan fingerprint density at radius 1 is 1.32 bits per heavy atom. The molecule has 2 N–H and O–H groups in total. The first-order valence-electron chi connectivity index (χ1n) is 6.05. The minimum atomic E-state index is -0.993. The maximum Gasteiger partial charge on any atom is 0.335 e. The summed E-state index contributed by atoms with van der Waals surface area (Å²) < 4.78 is 0. The van der Waals surface area contributed by atoms with Crippen molar-refractivity contribution in [2.75, 3.05) is 34.8 Å². The molecular weight excluding hydrogens is 264 g/mol. The van der Waals surface area contributed by atoms with Crippen molar-refractivity contribution in [3.05, 3.63) is 23.8 Å². The second kappa shape index (κ2) is 5.97. The molecule has 19 heavy (non-hydrogen) atoms. The number of carbonyl (C=O) groups is 2. The molecular formula is C13H16N2O3S. The van der Waals surface area contributed by atoms with Crippen LogP contribution in [0.4, 0.5) is 11.4 Å². The van der Waals surface area contributed by atoms with E-state index in [1.54, 1.807) is 12.1 Å². The van der Waals surface area contributed by atoms with Crippen LogP contribution < -0.4 is 10.2 Å². The first-order valence-corrected chi connectivity index (χ1v) is 7.21. The summed E-state index contributed by atoms with van der Waals surface area (Å²) in [5.41, 5.74) is 1.64. The molecule has 0 unspecified atom stereocenters. The van der Waals surface area contributed by atoms with Crippen molar-refractivity contribution in [2.45, 2.75) is 6.92 Å². The van der Waals surface area contributed by atoms with E-state index in [2.05, 4.69) is 10.2 Å². The molecule has 1 aromatic rings. The number of amides is 1. The van der Waals surface area contributed by atoms with Gasteiger partial charge in [-0.25, -0.2) is 4.79 Å². The first kappa shape index (κ1) is 13.7. The molecule has 5 nitrogen and oxygen atoms in total. The minimum Gasteiger partial charge on any atom is -0.478 e. The molecule has 1 amide bonds. The molecule has 1 heterocycles. The van der Waals surface area contributed by atoms with Gasteiger partial charge in [0.25, 0.3) is 0 Å². The highest BCUT2D eigenvalue weighted by molar-refractivity contribution is 7.99. The van der Waals surface area contributed by atoms with E-state index in [9.17, 15) is 9.59 Å². The summed E-state index contributed by atoms with van der Waals surface area (Å²) in [5.74, 6) is 0.892. The second-order valence-corrected chi connectivity index (χ2v) is 5.54. The molecule has 102 valence electrons. The van der Waals surface area contributed by atoms with Crippen LogP contribution in [0.3, 0.4) is 0 Å². The Kier molecular flexibility index (Phi) is 4.31. The predicted octanol–water partition coefficient (Wildman–Crippen LogP) is 1.90. The Balaban J connectivity index is 2.34. The highest BCUT2D eigenvalue weighted by Gasteiger charge is 2.17. The molecule has 1 fully saturated rings. The van der Waals surface area contributed by atoms with Crippen molar-refractivity contribution >= 4 is 35.0 Å². The fourth-order valence-electron chi connectivity index (χ4n) is 2.04. The quantitative estimate of drug-likeness (QED) is 0.885. The number of nitrogens with zero attached hydrogens (tertiary/aromatic N) is 1. The zero-order valence-electron chi connectivity index (χ0n) is 10.7. The summed E-state index contributed by atoms with van der Waals surface area (Å²) in [5, 5.41) is 11.7. The van der Waals surface area contributed by atoms with Gasteiger partial charge in [-0.15, -0.1) is 0 Å². The van der Waals surface area contributed by atoms with Crippen molar-refractivity contribution in [3.63, 3.8) is 0 Å². The molecule has 0 bridgehead atoms. The van der Waals surface area contributed by atoms with Gasteiger partial charge in [0.05, 0.1) is 16.9 Å². The van der Waals surface area contributed by atoms with Gasteiger partial charge in [0.15, 0.2) is 0 Å². The van der Waals surface area contributed by atoms with E-state index < -0.39 is 5.97 Å². The molecule has 0 radical (unpaired) electrons. The normalized spacial score (nSPS) is 15.1. The average Bonchev–Trinajstić information content (AvgIpc) is 2.39. The van der Waals surface area contributed by atoms with Gasteiger partial charge in [-0.1, -0.05) is 0 Å². The number of carboxylic acid groups (broad SMARTS) is 1. The second-order valence-electron chi connectivity index (χ2n) is 4.32. The lowest BCUT2D eigenvalue weighted by molar-refractivity contribution is -0.114. The van der Waals surface area contributed by atoms with E-state index in [-0.39, 0.29) is 11.5 Å². The molecule has 0 saturated carbocycles. The summed E-state index contributed by atoms with van der Waals surface area (Å²) in [7, 11) is 0. The third-order valence-corrected chi connectivity index (χ3v) is 3.85. The number of hydrogen-bond acceptors (Lipinski definition) is 4. The van der Waals surface area contributed by atoms with Crippen LogP contribution in [-0.2, 0) is 4.79 Å². The molecule has 1 aliphatic rings. The molecule has 6 heteroatoms. The summed E-state index contributed by atoms with van der Waals surface area (Å²) in [6.07, 6.45) is 0. The number of aromatic carboxylic acids is 1. The van der Waals surface area contributed by atoms with Gasteiger partial charge >= 0.3 is 5.97 Å². The fraction of sp³-hybridized carbons (Fsp3) is 0.385. The van der Waals surface area contributed by atoms with E-state index in [0.29, 0.717) is 5.69 Å². The monoisotopic (exact) mass is 280 g/mol. The standard InChI is InChI=1S/C13H16N2O3S/c1-9(16)14-11-8-10(13(17)18)2-3-12(11)15-4-6-19-7-5-15/h2-3,8H,4-7H2,1H3,(H,14,16)(H,17,18). The number of hydrogen-bond donors (Lipinski definition) is 2. The van der Waals surface area contributed by atoms with Crippen LogP contribution in [0, 0.1) is 0 Å². The van der Waals surface area contributed by atoms with Crippen molar-refractivity contribution in [2.24, 2.45) is 0 Å². The van der Waals surface area contributed by atoms with Crippen LogP contribution in [-0.4, -0.2) is 41.6 Å². The number of carbonyl (C=O) groups excluding carboxylic acids is 1. The average molecular weight is 280 g/mol. The van der Waals surface area contributed by atoms with Crippen molar-refractivity contribution < 1.29 is 14.7 Å². The van der Waals surface area contributed by atoms with Gasteiger partial charge in [-0.2, -0.15) is 11.8 Å². The van der Waals surface area contributed by atoms with Crippen LogP contribution in [0.25, 0.3) is 0 Å². The van der Waals surface area contributed by atoms with Gasteiger partial charge in [0.2, 0.25) is 5.91 Å². The Morgan fingerprint density at radius 2 is 2.00 bits per heavy atom. The maximum absolute atomic E-state index is 11.2. The van der Waals surface area contributed by atoms with E-state index in [1.807, 2.05) is 11.8 Å². The van der Waals surface area contributed by atoms with Crippen LogP contribution in [0.5, 0.6) is 0 Å². The molecule has 0 spiro atoms. The summed E-state index contributed by atoms with van der Waals surface area (Å²) >= 11 is 1.90. The van der Waals surface area contributed by atoms with Crippen LogP contribution in [0.15, 0.2) is 18.2 Å². The van der Waals surface area contributed by atoms with Crippen LogP contribution >= 0.6 is 11.8 Å². The summed E-state index contributed by atoms with van der Waals surface area (Å²) in [4.78, 5) is 24.4. The Hall–Kier alpha value is -1.69. The maximum atomic E-state index is 11.2. The number of nitrogens with one attached hydrogen (secondary N) is 1. The highest BCUT2D eigenvalue weighted by atomic mass is 32.2.